The zero-order valence-electron chi connectivity index (χ0n) is 22.4. The third kappa shape index (κ3) is 6.02. The zero-order valence-corrected chi connectivity index (χ0v) is 23.2. The maximum absolute atomic E-state index is 13.9. The number of nitrogens with zero attached hydrogens (tertiary/aromatic N) is 6. The number of alkyl halides is 3. The van der Waals surface area contributed by atoms with Crippen molar-refractivity contribution in [1.29, 1.82) is 0 Å². The molecule has 2 aromatic heterocycles. The number of aryl methyl sites for hydroxylation is 2. The Morgan fingerprint density at radius 3 is 2.61 bits per heavy atom. The summed E-state index contributed by atoms with van der Waals surface area (Å²) in [5.74, 6) is -0.940. The van der Waals surface area contributed by atoms with Crippen LogP contribution >= 0.6 is 11.6 Å². The van der Waals surface area contributed by atoms with Gasteiger partial charge in [0.05, 0.1) is 23.2 Å². The van der Waals surface area contributed by atoms with Gasteiger partial charge in [0.25, 0.3) is 5.56 Å². The standard InChI is InChI=1S/C28H28ClF3N8O/c1-3-4-9-24-22(27(41)40(16(2)35-24)26-23(29)12-18(15-34-26)28(30,31)32)13-19-11-10-17(14-33-19)20-7-5-6-8-21(20)25-36-38-39-37-25/h5-8,10-12,14,18-19,33H,3-4,9,13,15H2,1-2H3,(H,36,37,38,39). The van der Waals surface area contributed by atoms with Crippen LogP contribution in [0.15, 0.2) is 63.5 Å². The fraction of sp³-hybridized carbons (Fsp3) is 0.357. The molecule has 0 spiro atoms. The van der Waals surface area contributed by atoms with E-state index in [0.717, 1.165) is 35.6 Å². The van der Waals surface area contributed by atoms with Gasteiger partial charge in [-0.25, -0.2) is 14.6 Å². The van der Waals surface area contributed by atoms with E-state index in [-0.39, 0.29) is 22.5 Å². The Kier molecular flexibility index (Phi) is 8.20. The molecule has 0 radical (unpaired) electrons. The monoisotopic (exact) mass is 584 g/mol. The lowest BCUT2D eigenvalue weighted by Crippen LogP contribution is -2.39. The van der Waals surface area contributed by atoms with Gasteiger partial charge in [-0.3, -0.25) is 9.79 Å². The van der Waals surface area contributed by atoms with Gasteiger partial charge in [-0.1, -0.05) is 61.4 Å². The van der Waals surface area contributed by atoms with Crippen LogP contribution in [0, 0.1) is 12.8 Å². The number of aromatic amines is 1. The van der Waals surface area contributed by atoms with E-state index >= 15 is 0 Å². The first kappa shape index (κ1) is 28.5. The van der Waals surface area contributed by atoms with E-state index in [9.17, 15) is 18.0 Å². The van der Waals surface area contributed by atoms with E-state index in [4.69, 9.17) is 16.6 Å². The van der Waals surface area contributed by atoms with Crippen LogP contribution < -0.4 is 10.9 Å². The highest BCUT2D eigenvalue weighted by Gasteiger charge is 2.40. The molecular formula is C28H28ClF3N8O. The summed E-state index contributed by atoms with van der Waals surface area (Å²) in [6.07, 6.45) is 4.92. The van der Waals surface area contributed by atoms with Crippen LogP contribution in [0.3, 0.4) is 0 Å². The summed E-state index contributed by atoms with van der Waals surface area (Å²) in [7, 11) is 0. The number of benzene rings is 1. The van der Waals surface area contributed by atoms with E-state index in [1.165, 1.54) is 4.57 Å². The van der Waals surface area contributed by atoms with Crippen LogP contribution in [0.4, 0.5) is 13.2 Å². The lowest BCUT2D eigenvalue weighted by atomic mass is 9.95. The average molecular weight is 585 g/mol. The average Bonchev–Trinajstić information content (AvgIpc) is 3.49. The first-order valence-electron chi connectivity index (χ1n) is 13.3. The third-order valence-corrected chi connectivity index (χ3v) is 7.35. The Morgan fingerprint density at radius 1 is 1.20 bits per heavy atom. The Hall–Kier alpha value is -4.06. The van der Waals surface area contributed by atoms with Crippen LogP contribution in [0.1, 0.15) is 42.4 Å². The molecule has 214 valence electrons. The number of tetrazole rings is 1. The van der Waals surface area contributed by atoms with Gasteiger partial charge in [0, 0.05) is 29.8 Å². The Labute approximate surface area is 238 Å². The van der Waals surface area contributed by atoms with Crippen molar-refractivity contribution in [3.8, 4) is 11.4 Å². The molecule has 0 bridgehead atoms. The number of hydrogen-bond donors (Lipinski definition) is 2. The van der Waals surface area contributed by atoms with Gasteiger partial charge in [-0.2, -0.15) is 13.2 Å². The summed E-state index contributed by atoms with van der Waals surface area (Å²) in [4.78, 5) is 22.6. The van der Waals surface area contributed by atoms with Crippen molar-refractivity contribution in [2.75, 3.05) is 6.54 Å². The summed E-state index contributed by atoms with van der Waals surface area (Å²) < 4.78 is 41.0. The minimum absolute atomic E-state index is 0.0155. The topological polar surface area (TPSA) is 114 Å². The number of aliphatic imine (C=N–C) groups is 1. The number of dihydropyridines is 2. The van der Waals surface area contributed by atoms with E-state index in [1.807, 2.05) is 42.6 Å². The van der Waals surface area contributed by atoms with Crippen LogP contribution in [0.5, 0.6) is 0 Å². The number of rotatable bonds is 7. The minimum Gasteiger partial charge on any atom is -0.384 e. The number of unbranched alkanes of at least 4 members (excludes halogenated alkanes) is 1. The van der Waals surface area contributed by atoms with Gasteiger partial charge in [0.1, 0.15) is 5.82 Å². The van der Waals surface area contributed by atoms with Crippen LogP contribution in [-0.4, -0.2) is 54.8 Å². The quantitative estimate of drug-likeness (QED) is 0.414. The second-order valence-electron chi connectivity index (χ2n) is 9.89. The maximum atomic E-state index is 13.9. The second-order valence-corrected chi connectivity index (χ2v) is 10.3. The third-order valence-electron chi connectivity index (χ3n) is 7.05. The normalized spacial score (nSPS) is 18.9. The van der Waals surface area contributed by atoms with Crippen molar-refractivity contribution in [3.05, 3.63) is 86.7 Å². The van der Waals surface area contributed by atoms with E-state index in [1.54, 1.807) is 6.92 Å². The number of allylic oxidation sites excluding steroid dienone is 3. The first-order valence-corrected chi connectivity index (χ1v) is 13.6. The predicted octanol–water partition coefficient (Wildman–Crippen LogP) is 4.75. The Bertz CT molecular complexity index is 1610. The molecule has 9 nitrogen and oxygen atoms in total. The van der Waals surface area contributed by atoms with Crippen LogP contribution in [0.25, 0.3) is 17.0 Å². The van der Waals surface area contributed by atoms with Gasteiger partial charge in [0.15, 0.2) is 11.7 Å². The summed E-state index contributed by atoms with van der Waals surface area (Å²) >= 11 is 6.25. The number of halogens is 4. The number of aromatic nitrogens is 6. The molecular weight excluding hydrogens is 557 g/mol. The Balaban J connectivity index is 1.44. The van der Waals surface area contributed by atoms with Crippen LogP contribution in [0.2, 0.25) is 0 Å². The maximum Gasteiger partial charge on any atom is 0.396 e. The molecule has 5 rings (SSSR count). The molecule has 0 amide bonds. The molecule has 4 heterocycles. The van der Waals surface area contributed by atoms with E-state index in [0.29, 0.717) is 35.7 Å². The molecule has 2 atom stereocenters. The fourth-order valence-corrected chi connectivity index (χ4v) is 5.21. The molecule has 13 heteroatoms. The highest BCUT2D eigenvalue weighted by Crippen LogP contribution is 2.32. The molecule has 0 saturated heterocycles. The lowest BCUT2D eigenvalue weighted by molar-refractivity contribution is -0.158. The summed E-state index contributed by atoms with van der Waals surface area (Å²) in [6.45, 7) is 3.15. The second kappa shape index (κ2) is 11.8. The number of H-pyrrole nitrogens is 1. The molecule has 41 heavy (non-hydrogen) atoms. The molecule has 2 unspecified atom stereocenters. The lowest BCUT2D eigenvalue weighted by Gasteiger charge is -2.24. The number of nitrogens with one attached hydrogen (secondary N) is 2. The highest BCUT2D eigenvalue weighted by atomic mass is 35.5. The van der Waals surface area contributed by atoms with Crippen molar-refractivity contribution >= 4 is 23.0 Å². The molecule has 3 aromatic rings. The summed E-state index contributed by atoms with van der Waals surface area (Å²) in [5.41, 5.74) is 3.43. The molecule has 0 aliphatic carbocycles. The molecule has 0 fully saturated rings. The van der Waals surface area contributed by atoms with Gasteiger partial charge in [0.2, 0.25) is 0 Å². The largest absolute Gasteiger partial charge is 0.396 e. The molecule has 2 aliphatic heterocycles. The van der Waals surface area contributed by atoms with E-state index in [2.05, 4.69) is 37.9 Å². The number of hydrogen-bond acceptors (Lipinski definition) is 7. The first-order chi connectivity index (χ1) is 19.7. The van der Waals surface area contributed by atoms with Crippen molar-refractivity contribution < 1.29 is 13.2 Å². The van der Waals surface area contributed by atoms with Gasteiger partial charge in [-0.15, -0.1) is 5.10 Å². The van der Waals surface area contributed by atoms with Gasteiger partial charge in [-0.05, 0) is 47.4 Å². The van der Waals surface area contributed by atoms with Crippen molar-refractivity contribution in [1.82, 2.24) is 35.5 Å². The summed E-state index contributed by atoms with van der Waals surface area (Å²) in [6, 6.07) is 7.49. The minimum atomic E-state index is -4.47. The molecule has 2 N–H and O–H groups in total. The fourth-order valence-electron chi connectivity index (χ4n) is 4.91. The molecule has 2 aliphatic rings. The Morgan fingerprint density at radius 2 is 1.98 bits per heavy atom. The van der Waals surface area contributed by atoms with Gasteiger partial charge < -0.3 is 5.32 Å². The molecule has 1 aromatic carbocycles. The summed E-state index contributed by atoms with van der Waals surface area (Å²) in [5, 5.41) is 17.3. The smallest absolute Gasteiger partial charge is 0.384 e. The van der Waals surface area contributed by atoms with E-state index < -0.39 is 18.6 Å². The van der Waals surface area contributed by atoms with Crippen molar-refractivity contribution in [3.63, 3.8) is 0 Å². The predicted molar refractivity (Wildman–Crippen MR) is 150 cm³/mol. The van der Waals surface area contributed by atoms with Gasteiger partial charge >= 0.3 is 6.18 Å². The van der Waals surface area contributed by atoms with Crippen molar-refractivity contribution in [2.45, 2.75) is 51.7 Å². The molecule has 0 saturated carbocycles. The highest BCUT2D eigenvalue weighted by molar-refractivity contribution is 6.43. The zero-order chi connectivity index (χ0) is 29.1. The van der Waals surface area contributed by atoms with Crippen molar-refractivity contribution in [2.24, 2.45) is 10.9 Å². The SMILES string of the molecule is CCCCc1nc(C)n(C2=NCC(C(F)(F)F)C=C2Cl)c(=O)c1CC1C=CC(c2ccccc2-c2nnn[nH]2)=CN1. The van der Waals surface area contributed by atoms with Crippen LogP contribution in [-0.2, 0) is 12.8 Å².